The summed E-state index contributed by atoms with van der Waals surface area (Å²) in [5.41, 5.74) is 1.06. The maximum absolute atomic E-state index is 12.9. The molecule has 0 fully saturated rings. The summed E-state index contributed by atoms with van der Waals surface area (Å²) < 4.78 is 12.9. The summed E-state index contributed by atoms with van der Waals surface area (Å²) in [5.74, 6) is -0.729. The highest BCUT2D eigenvalue weighted by Crippen LogP contribution is 2.05. The van der Waals surface area contributed by atoms with Crippen molar-refractivity contribution in [1.29, 1.82) is 0 Å². The number of hydrogen-bond donors (Lipinski definition) is 1. The number of carbonyl (C=O) groups is 1. The van der Waals surface area contributed by atoms with E-state index in [1.807, 2.05) is 6.92 Å². The van der Waals surface area contributed by atoms with Crippen LogP contribution in [-0.2, 0) is 0 Å². The zero-order valence-electron chi connectivity index (χ0n) is 9.16. The molecule has 16 heavy (non-hydrogen) atoms. The SMILES string of the molecule is C=C/C=C(\CC)NC(=O)c1cccc(F)c1. The Morgan fingerprint density at radius 3 is 2.88 bits per heavy atom. The molecule has 0 saturated heterocycles. The normalized spacial score (nSPS) is 11.0. The Balaban J connectivity index is 2.79. The lowest BCUT2D eigenvalue weighted by Gasteiger charge is -2.07. The fourth-order valence-corrected chi connectivity index (χ4v) is 1.24. The largest absolute Gasteiger partial charge is 0.326 e. The molecular weight excluding hydrogens is 205 g/mol. The molecule has 3 heteroatoms. The van der Waals surface area contributed by atoms with Crippen molar-refractivity contribution in [2.45, 2.75) is 13.3 Å². The second-order valence-electron chi connectivity index (χ2n) is 3.25. The summed E-state index contributed by atoms with van der Waals surface area (Å²) in [6.07, 6.45) is 4.01. The molecule has 1 N–H and O–H groups in total. The average molecular weight is 219 g/mol. The van der Waals surface area contributed by atoms with Crippen LogP contribution in [0.5, 0.6) is 0 Å². The summed E-state index contributed by atoms with van der Waals surface area (Å²) in [7, 11) is 0. The fraction of sp³-hybridized carbons (Fsp3) is 0.154. The second-order valence-corrected chi connectivity index (χ2v) is 3.25. The summed E-state index contributed by atoms with van der Waals surface area (Å²) >= 11 is 0. The maximum atomic E-state index is 12.9. The third kappa shape index (κ3) is 3.35. The molecule has 2 nitrogen and oxygen atoms in total. The quantitative estimate of drug-likeness (QED) is 0.775. The van der Waals surface area contributed by atoms with Gasteiger partial charge >= 0.3 is 0 Å². The third-order valence-corrected chi connectivity index (χ3v) is 2.06. The molecule has 1 aromatic rings. The molecule has 1 aromatic carbocycles. The number of hydrogen-bond acceptors (Lipinski definition) is 1. The molecular formula is C13H14FNO. The van der Waals surface area contributed by atoms with Crippen LogP contribution in [0.4, 0.5) is 4.39 Å². The lowest BCUT2D eigenvalue weighted by atomic mass is 10.2. The van der Waals surface area contributed by atoms with Crippen molar-refractivity contribution in [3.05, 3.63) is 60.1 Å². The minimum atomic E-state index is -0.418. The van der Waals surface area contributed by atoms with Crippen LogP contribution in [0.3, 0.4) is 0 Å². The molecule has 0 aliphatic heterocycles. The van der Waals surface area contributed by atoms with Crippen LogP contribution in [0, 0.1) is 5.82 Å². The number of amides is 1. The number of nitrogens with one attached hydrogen (secondary N) is 1. The topological polar surface area (TPSA) is 29.1 Å². The molecule has 0 aromatic heterocycles. The Hall–Kier alpha value is -1.90. The monoisotopic (exact) mass is 219 g/mol. The Bertz CT molecular complexity index is 424. The van der Waals surface area contributed by atoms with Crippen LogP contribution >= 0.6 is 0 Å². The second kappa shape index (κ2) is 5.85. The lowest BCUT2D eigenvalue weighted by Crippen LogP contribution is -2.22. The summed E-state index contributed by atoms with van der Waals surface area (Å²) in [6, 6.07) is 5.58. The minimum Gasteiger partial charge on any atom is -0.326 e. The van der Waals surface area contributed by atoms with E-state index in [0.29, 0.717) is 12.0 Å². The van der Waals surface area contributed by atoms with Gasteiger partial charge in [-0.3, -0.25) is 4.79 Å². The van der Waals surface area contributed by atoms with Crippen LogP contribution in [0.25, 0.3) is 0 Å². The van der Waals surface area contributed by atoms with E-state index in [4.69, 9.17) is 0 Å². The van der Waals surface area contributed by atoms with Crippen molar-refractivity contribution in [3.63, 3.8) is 0 Å². The van der Waals surface area contributed by atoms with Gasteiger partial charge in [-0.25, -0.2) is 4.39 Å². The average Bonchev–Trinajstić information content (AvgIpc) is 2.28. The van der Waals surface area contributed by atoms with Crippen molar-refractivity contribution in [1.82, 2.24) is 5.32 Å². The van der Waals surface area contributed by atoms with E-state index in [-0.39, 0.29) is 5.91 Å². The van der Waals surface area contributed by atoms with E-state index in [0.717, 1.165) is 5.70 Å². The first-order chi connectivity index (χ1) is 7.67. The number of carbonyl (C=O) groups excluding carboxylic acids is 1. The zero-order chi connectivity index (χ0) is 12.0. The Morgan fingerprint density at radius 1 is 1.56 bits per heavy atom. The van der Waals surface area contributed by atoms with Gasteiger partial charge in [-0.2, -0.15) is 0 Å². The van der Waals surface area contributed by atoms with Gasteiger partial charge in [0.2, 0.25) is 0 Å². The number of benzene rings is 1. The molecule has 0 unspecified atom stereocenters. The van der Waals surface area contributed by atoms with E-state index < -0.39 is 5.82 Å². The molecule has 84 valence electrons. The van der Waals surface area contributed by atoms with Crippen LogP contribution < -0.4 is 5.32 Å². The first-order valence-corrected chi connectivity index (χ1v) is 5.06. The molecule has 0 spiro atoms. The van der Waals surface area contributed by atoms with Gasteiger partial charge in [0.15, 0.2) is 0 Å². The van der Waals surface area contributed by atoms with E-state index in [1.165, 1.54) is 18.2 Å². The van der Waals surface area contributed by atoms with Gasteiger partial charge in [-0.15, -0.1) is 0 Å². The van der Waals surface area contributed by atoms with Crippen LogP contribution in [0.2, 0.25) is 0 Å². The lowest BCUT2D eigenvalue weighted by molar-refractivity contribution is 0.0964. The van der Waals surface area contributed by atoms with Crippen LogP contribution in [0.15, 0.2) is 48.7 Å². The van der Waals surface area contributed by atoms with Crippen molar-refractivity contribution >= 4 is 5.91 Å². The molecule has 0 bridgehead atoms. The van der Waals surface area contributed by atoms with Gasteiger partial charge in [-0.1, -0.05) is 25.6 Å². The van der Waals surface area contributed by atoms with Crippen LogP contribution in [0.1, 0.15) is 23.7 Å². The van der Waals surface area contributed by atoms with Gasteiger partial charge in [0.1, 0.15) is 5.82 Å². The highest BCUT2D eigenvalue weighted by molar-refractivity contribution is 5.95. The summed E-state index contributed by atoms with van der Waals surface area (Å²) in [6.45, 7) is 5.47. The molecule has 0 aliphatic rings. The number of rotatable bonds is 4. The van der Waals surface area contributed by atoms with E-state index in [2.05, 4.69) is 11.9 Å². The number of allylic oxidation sites excluding steroid dienone is 3. The van der Waals surface area contributed by atoms with Gasteiger partial charge in [0.25, 0.3) is 5.91 Å². The Morgan fingerprint density at radius 2 is 2.31 bits per heavy atom. The third-order valence-electron chi connectivity index (χ3n) is 2.06. The predicted octanol–water partition coefficient (Wildman–Crippen LogP) is 3.04. The molecule has 0 atom stereocenters. The molecule has 0 radical (unpaired) electrons. The molecule has 1 rings (SSSR count). The van der Waals surface area contributed by atoms with Crippen molar-refractivity contribution in [2.24, 2.45) is 0 Å². The highest BCUT2D eigenvalue weighted by Gasteiger charge is 2.06. The number of halogens is 1. The molecule has 0 aliphatic carbocycles. The molecule has 1 amide bonds. The van der Waals surface area contributed by atoms with Gasteiger partial charge in [0, 0.05) is 11.3 Å². The minimum absolute atomic E-state index is 0.309. The van der Waals surface area contributed by atoms with Crippen molar-refractivity contribution in [3.8, 4) is 0 Å². The van der Waals surface area contributed by atoms with Crippen molar-refractivity contribution in [2.75, 3.05) is 0 Å². The van der Waals surface area contributed by atoms with Crippen molar-refractivity contribution < 1.29 is 9.18 Å². The first-order valence-electron chi connectivity index (χ1n) is 5.06. The smallest absolute Gasteiger partial charge is 0.255 e. The Kier molecular flexibility index (Phi) is 4.45. The standard InChI is InChI=1S/C13H14FNO/c1-3-6-12(4-2)15-13(16)10-7-5-8-11(14)9-10/h3,5-9H,1,4H2,2H3,(H,15,16)/b12-6+. The van der Waals surface area contributed by atoms with E-state index >= 15 is 0 Å². The van der Waals surface area contributed by atoms with Gasteiger partial charge < -0.3 is 5.32 Å². The zero-order valence-corrected chi connectivity index (χ0v) is 9.16. The predicted molar refractivity (Wildman–Crippen MR) is 62.4 cm³/mol. The first kappa shape index (κ1) is 12.2. The van der Waals surface area contributed by atoms with Gasteiger partial charge in [-0.05, 0) is 30.7 Å². The highest BCUT2D eigenvalue weighted by atomic mass is 19.1. The van der Waals surface area contributed by atoms with E-state index in [9.17, 15) is 9.18 Å². The van der Waals surface area contributed by atoms with E-state index in [1.54, 1.807) is 18.2 Å². The molecule has 0 saturated carbocycles. The summed E-state index contributed by atoms with van der Waals surface area (Å²) in [4.78, 5) is 11.7. The molecule has 0 heterocycles. The maximum Gasteiger partial charge on any atom is 0.255 e. The Labute approximate surface area is 94.5 Å². The van der Waals surface area contributed by atoms with Crippen LogP contribution in [-0.4, -0.2) is 5.91 Å². The fourth-order valence-electron chi connectivity index (χ4n) is 1.24. The summed E-state index contributed by atoms with van der Waals surface area (Å²) in [5, 5.41) is 2.70. The van der Waals surface area contributed by atoms with Gasteiger partial charge in [0.05, 0.1) is 0 Å².